The standard InChI is InChI=1S/C13H18BrNO/c1-9(2)7-10(3)15-13(16)11-5-4-6-12(14)8-11/h4-6,8-10H,7H2,1-3H3,(H,15,16)/t10-/m1/s1. The molecule has 3 heteroatoms. The van der Waals surface area contributed by atoms with E-state index < -0.39 is 0 Å². The lowest BCUT2D eigenvalue weighted by Crippen LogP contribution is -2.33. The zero-order chi connectivity index (χ0) is 12.1. The van der Waals surface area contributed by atoms with Crippen molar-refractivity contribution in [3.63, 3.8) is 0 Å². The Morgan fingerprint density at radius 3 is 2.62 bits per heavy atom. The summed E-state index contributed by atoms with van der Waals surface area (Å²) >= 11 is 3.36. The molecule has 0 saturated carbocycles. The van der Waals surface area contributed by atoms with Crippen LogP contribution in [0.2, 0.25) is 0 Å². The predicted octanol–water partition coefficient (Wildman–Crippen LogP) is 3.61. The Labute approximate surface area is 106 Å². The number of carbonyl (C=O) groups excluding carboxylic acids is 1. The molecule has 1 amide bonds. The van der Waals surface area contributed by atoms with Crippen molar-refractivity contribution in [3.05, 3.63) is 34.3 Å². The second kappa shape index (κ2) is 6.04. The van der Waals surface area contributed by atoms with Crippen LogP contribution in [-0.4, -0.2) is 11.9 Å². The van der Waals surface area contributed by atoms with Crippen molar-refractivity contribution in [2.75, 3.05) is 0 Å². The van der Waals surface area contributed by atoms with Crippen LogP contribution in [-0.2, 0) is 0 Å². The first-order valence-electron chi connectivity index (χ1n) is 5.55. The highest BCUT2D eigenvalue weighted by Crippen LogP contribution is 2.12. The molecule has 0 fully saturated rings. The highest BCUT2D eigenvalue weighted by Gasteiger charge is 2.10. The molecule has 0 aliphatic rings. The van der Waals surface area contributed by atoms with E-state index in [-0.39, 0.29) is 11.9 Å². The highest BCUT2D eigenvalue weighted by atomic mass is 79.9. The van der Waals surface area contributed by atoms with Crippen LogP contribution in [0, 0.1) is 5.92 Å². The fourth-order valence-corrected chi connectivity index (χ4v) is 2.10. The average Bonchev–Trinajstić information content (AvgIpc) is 2.16. The van der Waals surface area contributed by atoms with Crippen LogP contribution in [0.3, 0.4) is 0 Å². The zero-order valence-corrected chi connectivity index (χ0v) is 11.5. The van der Waals surface area contributed by atoms with Gasteiger partial charge in [0.2, 0.25) is 0 Å². The molecule has 0 bridgehead atoms. The van der Waals surface area contributed by atoms with E-state index in [0.717, 1.165) is 10.9 Å². The quantitative estimate of drug-likeness (QED) is 0.899. The van der Waals surface area contributed by atoms with Gasteiger partial charge in [-0.05, 0) is 37.5 Å². The third kappa shape index (κ3) is 4.35. The average molecular weight is 284 g/mol. The van der Waals surface area contributed by atoms with E-state index in [1.165, 1.54) is 0 Å². The number of halogens is 1. The van der Waals surface area contributed by atoms with E-state index in [1.807, 2.05) is 31.2 Å². The zero-order valence-electron chi connectivity index (χ0n) is 9.96. The highest BCUT2D eigenvalue weighted by molar-refractivity contribution is 9.10. The first-order valence-corrected chi connectivity index (χ1v) is 6.34. The van der Waals surface area contributed by atoms with Gasteiger partial charge in [-0.25, -0.2) is 0 Å². The second-order valence-corrected chi connectivity index (χ2v) is 5.43. The lowest BCUT2D eigenvalue weighted by atomic mass is 10.0. The summed E-state index contributed by atoms with van der Waals surface area (Å²) in [5.41, 5.74) is 0.699. The van der Waals surface area contributed by atoms with E-state index in [4.69, 9.17) is 0 Å². The third-order valence-corrected chi connectivity index (χ3v) is 2.78. The maximum absolute atomic E-state index is 11.9. The van der Waals surface area contributed by atoms with Crippen LogP contribution in [0.25, 0.3) is 0 Å². The molecular formula is C13H18BrNO. The van der Waals surface area contributed by atoms with Gasteiger partial charge in [-0.15, -0.1) is 0 Å². The van der Waals surface area contributed by atoms with Crippen molar-refractivity contribution < 1.29 is 4.79 Å². The van der Waals surface area contributed by atoms with Gasteiger partial charge in [0.15, 0.2) is 0 Å². The lowest BCUT2D eigenvalue weighted by molar-refractivity contribution is 0.0936. The Morgan fingerprint density at radius 1 is 1.38 bits per heavy atom. The fraction of sp³-hybridized carbons (Fsp3) is 0.462. The number of carbonyl (C=O) groups is 1. The van der Waals surface area contributed by atoms with Crippen molar-refractivity contribution in [1.82, 2.24) is 5.32 Å². The van der Waals surface area contributed by atoms with Crippen LogP contribution in [0.15, 0.2) is 28.7 Å². The minimum absolute atomic E-state index is 0.00514. The van der Waals surface area contributed by atoms with Crippen LogP contribution >= 0.6 is 15.9 Å². The first-order chi connectivity index (χ1) is 7.49. The van der Waals surface area contributed by atoms with Crippen molar-refractivity contribution >= 4 is 21.8 Å². The van der Waals surface area contributed by atoms with Gasteiger partial charge in [-0.1, -0.05) is 35.8 Å². The molecule has 16 heavy (non-hydrogen) atoms. The summed E-state index contributed by atoms with van der Waals surface area (Å²) in [6.07, 6.45) is 1.000. The Hall–Kier alpha value is -0.830. The normalized spacial score (nSPS) is 12.6. The van der Waals surface area contributed by atoms with Crippen LogP contribution in [0.5, 0.6) is 0 Å². The summed E-state index contributed by atoms with van der Waals surface area (Å²) in [5, 5.41) is 2.99. The summed E-state index contributed by atoms with van der Waals surface area (Å²) in [6, 6.07) is 7.64. The predicted molar refractivity (Wildman–Crippen MR) is 70.5 cm³/mol. The van der Waals surface area contributed by atoms with Crippen LogP contribution in [0.1, 0.15) is 37.6 Å². The molecule has 1 rings (SSSR count). The maximum atomic E-state index is 11.9. The largest absolute Gasteiger partial charge is 0.350 e. The Morgan fingerprint density at radius 2 is 2.06 bits per heavy atom. The molecule has 0 heterocycles. The molecule has 88 valence electrons. The van der Waals surface area contributed by atoms with Gasteiger partial charge in [0, 0.05) is 16.1 Å². The van der Waals surface area contributed by atoms with Gasteiger partial charge < -0.3 is 5.32 Å². The smallest absolute Gasteiger partial charge is 0.251 e. The Balaban J connectivity index is 2.59. The molecule has 0 aliphatic carbocycles. The van der Waals surface area contributed by atoms with Gasteiger partial charge in [-0.2, -0.15) is 0 Å². The minimum Gasteiger partial charge on any atom is -0.350 e. The van der Waals surface area contributed by atoms with E-state index in [1.54, 1.807) is 0 Å². The maximum Gasteiger partial charge on any atom is 0.251 e. The molecule has 0 radical (unpaired) electrons. The summed E-state index contributed by atoms with van der Waals surface area (Å²) < 4.78 is 0.927. The van der Waals surface area contributed by atoms with Crippen molar-refractivity contribution in [2.45, 2.75) is 33.2 Å². The topological polar surface area (TPSA) is 29.1 Å². The van der Waals surface area contributed by atoms with Crippen LogP contribution in [0.4, 0.5) is 0 Å². The minimum atomic E-state index is -0.00514. The molecule has 0 unspecified atom stereocenters. The SMILES string of the molecule is CC(C)C[C@@H](C)NC(=O)c1cccc(Br)c1. The molecule has 1 N–H and O–H groups in total. The van der Waals surface area contributed by atoms with Gasteiger partial charge in [0.25, 0.3) is 5.91 Å². The van der Waals surface area contributed by atoms with E-state index in [2.05, 4.69) is 35.1 Å². The second-order valence-electron chi connectivity index (χ2n) is 4.51. The lowest BCUT2D eigenvalue weighted by Gasteiger charge is -2.15. The van der Waals surface area contributed by atoms with Gasteiger partial charge in [-0.3, -0.25) is 4.79 Å². The molecule has 0 spiro atoms. The molecule has 0 aliphatic heterocycles. The number of amides is 1. The van der Waals surface area contributed by atoms with Crippen molar-refractivity contribution in [2.24, 2.45) is 5.92 Å². The summed E-state index contributed by atoms with van der Waals surface area (Å²) in [7, 11) is 0. The van der Waals surface area contributed by atoms with Gasteiger partial charge in [0.05, 0.1) is 0 Å². The Bertz CT molecular complexity index is 363. The number of hydrogen-bond acceptors (Lipinski definition) is 1. The van der Waals surface area contributed by atoms with Crippen molar-refractivity contribution in [3.8, 4) is 0 Å². The third-order valence-electron chi connectivity index (χ3n) is 2.29. The van der Waals surface area contributed by atoms with Crippen LogP contribution < -0.4 is 5.32 Å². The number of hydrogen-bond donors (Lipinski definition) is 1. The van der Waals surface area contributed by atoms with E-state index >= 15 is 0 Å². The summed E-state index contributed by atoms with van der Waals surface area (Å²) in [4.78, 5) is 11.9. The molecular weight excluding hydrogens is 266 g/mol. The van der Waals surface area contributed by atoms with E-state index in [0.29, 0.717) is 11.5 Å². The Kier molecular flexibility index (Phi) is 5.00. The molecule has 1 aromatic rings. The molecule has 1 atom stereocenters. The number of rotatable bonds is 4. The number of nitrogens with one attached hydrogen (secondary N) is 1. The van der Waals surface area contributed by atoms with E-state index in [9.17, 15) is 4.79 Å². The number of benzene rings is 1. The summed E-state index contributed by atoms with van der Waals surface area (Å²) in [5.74, 6) is 0.590. The molecule has 0 aromatic heterocycles. The van der Waals surface area contributed by atoms with Crippen molar-refractivity contribution in [1.29, 1.82) is 0 Å². The summed E-state index contributed by atoms with van der Waals surface area (Å²) in [6.45, 7) is 6.35. The fourth-order valence-electron chi connectivity index (χ4n) is 1.70. The monoisotopic (exact) mass is 283 g/mol. The van der Waals surface area contributed by atoms with Gasteiger partial charge in [0.1, 0.15) is 0 Å². The first kappa shape index (κ1) is 13.2. The molecule has 0 saturated heterocycles. The molecule has 2 nitrogen and oxygen atoms in total. The van der Waals surface area contributed by atoms with Gasteiger partial charge >= 0.3 is 0 Å². The molecule has 1 aromatic carbocycles.